The van der Waals surface area contributed by atoms with E-state index >= 15 is 0 Å². The number of hydrogen-bond acceptors (Lipinski definition) is 3. The number of anilines is 2. The van der Waals surface area contributed by atoms with E-state index in [1.165, 1.54) is 24.9 Å². The second-order valence-electron chi connectivity index (χ2n) is 5.96. The van der Waals surface area contributed by atoms with Gasteiger partial charge in [-0.3, -0.25) is 4.79 Å². The van der Waals surface area contributed by atoms with Gasteiger partial charge in [-0.2, -0.15) is 0 Å². The first kappa shape index (κ1) is 13.3. The van der Waals surface area contributed by atoms with Gasteiger partial charge in [0.15, 0.2) is 0 Å². The van der Waals surface area contributed by atoms with Crippen LogP contribution in [0.15, 0.2) is 24.3 Å². The number of carbonyl (C=O) groups is 1. The van der Waals surface area contributed by atoms with Crippen LogP contribution in [-0.2, 0) is 4.79 Å². The quantitative estimate of drug-likeness (QED) is 0.858. The van der Waals surface area contributed by atoms with Crippen LogP contribution in [0, 0.1) is 5.92 Å². The Morgan fingerprint density at radius 1 is 1.10 bits per heavy atom. The highest BCUT2D eigenvalue weighted by molar-refractivity contribution is 5.77. The summed E-state index contributed by atoms with van der Waals surface area (Å²) in [6.45, 7) is 3.52. The Morgan fingerprint density at radius 2 is 1.75 bits per heavy atom. The summed E-state index contributed by atoms with van der Waals surface area (Å²) < 4.78 is 0. The lowest BCUT2D eigenvalue weighted by atomic mass is 9.82. The molecule has 1 aromatic carbocycles. The molecule has 108 valence electrons. The third kappa shape index (κ3) is 2.89. The standard InChI is InChI=1S/C16H23N3O/c17-14-4-6-15(7-5-14)18-8-10-19(11-9-18)16(20)12-13-2-1-3-13/h4-7,13H,1-3,8-12,17H2. The van der Waals surface area contributed by atoms with E-state index < -0.39 is 0 Å². The molecule has 0 spiro atoms. The fourth-order valence-corrected chi connectivity index (χ4v) is 2.97. The first-order valence-electron chi connectivity index (χ1n) is 7.60. The van der Waals surface area contributed by atoms with E-state index in [0.717, 1.165) is 38.3 Å². The molecule has 1 aromatic rings. The molecule has 1 aliphatic heterocycles. The van der Waals surface area contributed by atoms with Gasteiger partial charge in [0.2, 0.25) is 5.91 Å². The maximum Gasteiger partial charge on any atom is 0.222 e. The van der Waals surface area contributed by atoms with E-state index in [1.807, 2.05) is 17.0 Å². The molecule has 2 aliphatic rings. The normalized spacial score (nSPS) is 19.8. The number of nitrogen functional groups attached to an aromatic ring is 1. The maximum atomic E-state index is 12.2. The number of benzene rings is 1. The first-order chi connectivity index (χ1) is 9.72. The van der Waals surface area contributed by atoms with Crippen molar-refractivity contribution >= 4 is 17.3 Å². The van der Waals surface area contributed by atoms with Gasteiger partial charge < -0.3 is 15.5 Å². The van der Waals surface area contributed by atoms with E-state index in [1.54, 1.807) is 0 Å². The molecular weight excluding hydrogens is 250 g/mol. The van der Waals surface area contributed by atoms with Crippen molar-refractivity contribution in [3.63, 3.8) is 0 Å². The zero-order valence-electron chi connectivity index (χ0n) is 11.9. The zero-order chi connectivity index (χ0) is 13.9. The van der Waals surface area contributed by atoms with Gasteiger partial charge in [-0.1, -0.05) is 6.42 Å². The molecule has 4 nitrogen and oxygen atoms in total. The van der Waals surface area contributed by atoms with Crippen LogP contribution >= 0.6 is 0 Å². The van der Waals surface area contributed by atoms with Gasteiger partial charge in [-0.25, -0.2) is 0 Å². The number of nitrogens with two attached hydrogens (primary N) is 1. The molecule has 0 radical (unpaired) electrons. The minimum atomic E-state index is 0.353. The second kappa shape index (κ2) is 5.73. The average molecular weight is 273 g/mol. The van der Waals surface area contributed by atoms with Crippen LogP contribution in [0.3, 0.4) is 0 Å². The molecule has 1 aliphatic carbocycles. The first-order valence-corrected chi connectivity index (χ1v) is 7.60. The molecule has 20 heavy (non-hydrogen) atoms. The molecule has 0 aromatic heterocycles. The molecule has 2 fully saturated rings. The van der Waals surface area contributed by atoms with E-state index in [2.05, 4.69) is 17.0 Å². The zero-order valence-corrected chi connectivity index (χ0v) is 11.9. The summed E-state index contributed by atoms with van der Waals surface area (Å²) in [6, 6.07) is 7.98. The summed E-state index contributed by atoms with van der Waals surface area (Å²) >= 11 is 0. The summed E-state index contributed by atoms with van der Waals surface area (Å²) in [6.07, 6.45) is 4.57. The van der Waals surface area contributed by atoms with Crippen molar-refractivity contribution in [3.8, 4) is 0 Å². The SMILES string of the molecule is Nc1ccc(N2CCN(C(=O)CC3CCC3)CC2)cc1. The van der Waals surface area contributed by atoms with Gasteiger partial charge in [-0.15, -0.1) is 0 Å². The van der Waals surface area contributed by atoms with Gasteiger partial charge in [0.25, 0.3) is 0 Å². The largest absolute Gasteiger partial charge is 0.399 e. The summed E-state index contributed by atoms with van der Waals surface area (Å²) in [5, 5.41) is 0. The molecular formula is C16H23N3O. The van der Waals surface area contributed by atoms with Gasteiger partial charge >= 0.3 is 0 Å². The Hall–Kier alpha value is -1.71. The Kier molecular flexibility index (Phi) is 3.81. The number of amides is 1. The number of rotatable bonds is 3. The predicted molar refractivity (Wildman–Crippen MR) is 81.6 cm³/mol. The third-order valence-corrected chi connectivity index (χ3v) is 4.58. The Morgan fingerprint density at radius 3 is 2.30 bits per heavy atom. The molecule has 0 unspecified atom stereocenters. The maximum absolute atomic E-state index is 12.2. The topological polar surface area (TPSA) is 49.6 Å². The van der Waals surface area contributed by atoms with Gasteiger partial charge in [0.05, 0.1) is 0 Å². The van der Waals surface area contributed by atoms with Crippen LogP contribution in [0.2, 0.25) is 0 Å². The van der Waals surface area contributed by atoms with E-state index in [0.29, 0.717) is 11.8 Å². The van der Waals surface area contributed by atoms with E-state index in [9.17, 15) is 4.79 Å². The molecule has 0 bridgehead atoms. The van der Waals surface area contributed by atoms with Crippen molar-refractivity contribution in [1.82, 2.24) is 4.90 Å². The molecule has 1 saturated carbocycles. The van der Waals surface area contributed by atoms with Crippen molar-refractivity contribution in [3.05, 3.63) is 24.3 Å². The Labute approximate surface area is 120 Å². The van der Waals surface area contributed by atoms with E-state index in [-0.39, 0.29) is 0 Å². The number of hydrogen-bond donors (Lipinski definition) is 1. The van der Waals surface area contributed by atoms with Gasteiger partial charge in [0, 0.05) is 44.0 Å². The molecule has 2 N–H and O–H groups in total. The Bertz CT molecular complexity index is 459. The van der Waals surface area contributed by atoms with Crippen molar-refractivity contribution in [2.45, 2.75) is 25.7 Å². The predicted octanol–water partition coefficient (Wildman–Crippen LogP) is 2.11. The number of nitrogens with zero attached hydrogens (tertiary/aromatic N) is 2. The summed E-state index contributed by atoms with van der Waals surface area (Å²) in [7, 11) is 0. The van der Waals surface area contributed by atoms with Crippen molar-refractivity contribution < 1.29 is 4.79 Å². The highest BCUT2D eigenvalue weighted by atomic mass is 16.2. The van der Waals surface area contributed by atoms with Gasteiger partial charge in [0.1, 0.15) is 0 Å². The summed E-state index contributed by atoms with van der Waals surface area (Å²) in [5.41, 5.74) is 7.71. The number of piperazine rings is 1. The van der Waals surface area contributed by atoms with Crippen LogP contribution in [0.5, 0.6) is 0 Å². The lowest BCUT2D eigenvalue weighted by Gasteiger charge is -2.37. The van der Waals surface area contributed by atoms with Crippen LogP contribution in [0.25, 0.3) is 0 Å². The van der Waals surface area contributed by atoms with E-state index in [4.69, 9.17) is 5.73 Å². The third-order valence-electron chi connectivity index (χ3n) is 4.58. The summed E-state index contributed by atoms with van der Waals surface area (Å²) in [5.74, 6) is 1.02. The van der Waals surface area contributed by atoms with Crippen LogP contribution in [-0.4, -0.2) is 37.0 Å². The molecule has 1 amide bonds. The monoisotopic (exact) mass is 273 g/mol. The summed E-state index contributed by atoms with van der Waals surface area (Å²) in [4.78, 5) is 16.5. The minimum absolute atomic E-state index is 0.353. The Balaban J connectivity index is 1.51. The highest BCUT2D eigenvalue weighted by Gasteiger charge is 2.26. The highest BCUT2D eigenvalue weighted by Crippen LogP contribution is 2.30. The molecule has 0 atom stereocenters. The van der Waals surface area contributed by atoms with Crippen molar-refractivity contribution in [1.29, 1.82) is 0 Å². The molecule has 1 saturated heterocycles. The minimum Gasteiger partial charge on any atom is -0.399 e. The van der Waals surface area contributed by atoms with Crippen LogP contribution in [0.1, 0.15) is 25.7 Å². The van der Waals surface area contributed by atoms with Crippen molar-refractivity contribution in [2.24, 2.45) is 5.92 Å². The van der Waals surface area contributed by atoms with Gasteiger partial charge in [-0.05, 0) is 43.0 Å². The molecule has 3 rings (SSSR count). The van der Waals surface area contributed by atoms with Crippen LogP contribution < -0.4 is 10.6 Å². The van der Waals surface area contributed by atoms with Crippen LogP contribution in [0.4, 0.5) is 11.4 Å². The average Bonchev–Trinajstić information content (AvgIpc) is 2.44. The smallest absolute Gasteiger partial charge is 0.222 e. The lowest BCUT2D eigenvalue weighted by Crippen LogP contribution is -2.49. The van der Waals surface area contributed by atoms with Crippen molar-refractivity contribution in [2.75, 3.05) is 36.8 Å². The fraction of sp³-hybridized carbons (Fsp3) is 0.562. The fourth-order valence-electron chi connectivity index (χ4n) is 2.97. The number of carbonyl (C=O) groups excluding carboxylic acids is 1. The lowest BCUT2D eigenvalue weighted by molar-refractivity contribution is -0.133. The molecule has 1 heterocycles. The second-order valence-corrected chi connectivity index (χ2v) is 5.96. The molecule has 4 heteroatoms.